The summed E-state index contributed by atoms with van der Waals surface area (Å²) in [6.45, 7) is 4.90. The Morgan fingerprint density at radius 1 is 0.733 bits per heavy atom. The summed E-state index contributed by atoms with van der Waals surface area (Å²) in [5, 5.41) is 34.1. The van der Waals surface area contributed by atoms with Crippen molar-refractivity contribution in [3.8, 4) is 0 Å². The minimum atomic E-state index is -1.56. The number of amides is 12. The maximum Gasteiger partial charge on any atom is 0.246 e. The molecule has 12 amide bonds. The van der Waals surface area contributed by atoms with Crippen LogP contribution in [0.1, 0.15) is 96.6 Å². The molecule has 0 saturated carbocycles. The largest absolute Gasteiger partial charge is 0.394 e. The highest BCUT2D eigenvalue weighted by Crippen LogP contribution is 2.24. The third-order valence-corrected chi connectivity index (χ3v) is 15.7. The van der Waals surface area contributed by atoms with E-state index in [1.54, 1.807) is 67.7 Å². The molecule has 2 fully saturated rings. The Hall–Kier alpha value is -9.45. The van der Waals surface area contributed by atoms with Crippen molar-refractivity contribution in [3.05, 3.63) is 84.1 Å². The highest BCUT2D eigenvalue weighted by atomic mass is 16.3. The van der Waals surface area contributed by atoms with Gasteiger partial charge in [-0.15, -0.1) is 0 Å². The number of nitrogens with two attached hydrogens (primary N) is 4. The van der Waals surface area contributed by atoms with Gasteiger partial charge in [0.15, 0.2) is 5.96 Å². The molecule has 2 saturated heterocycles. The third kappa shape index (κ3) is 19.8. The van der Waals surface area contributed by atoms with Gasteiger partial charge >= 0.3 is 0 Å². The fourth-order valence-electron chi connectivity index (χ4n) is 11.0. The van der Waals surface area contributed by atoms with Crippen molar-refractivity contribution < 1.29 is 62.6 Å². The molecule has 0 radical (unpaired) electrons. The summed E-state index contributed by atoms with van der Waals surface area (Å²) in [4.78, 5) is 177. The highest BCUT2D eigenvalue weighted by molar-refractivity contribution is 6.00. The molecule has 6 rings (SSSR count). The number of benzene rings is 2. The Morgan fingerprint density at radius 2 is 1.41 bits per heavy atom. The zero-order valence-electron chi connectivity index (χ0n) is 51.0. The number of primary amides is 1. The summed E-state index contributed by atoms with van der Waals surface area (Å²) < 4.78 is 0. The minimum absolute atomic E-state index is 0.0102. The first-order valence-corrected chi connectivity index (χ1v) is 30.1. The zero-order chi connectivity index (χ0) is 65.8. The van der Waals surface area contributed by atoms with E-state index in [0.29, 0.717) is 34.9 Å². The molecular weight excluding hydrogens is 1170 g/mol. The molecule has 4 heterocycles. The first-order chi connectivity index (χ1) is 42.8. The van der Waals surface area contributed by atoms with E-state index in [2.05, 4.69) is 57.8 Å². The van der Waals surface area contributed by atoms with Crippen LogP contribution in [0.3, 0.4) is 0 Å². The van der Waals surface area contributed by atoms with Crippen LogP contribution in [0.2, 0.25) is 0 Å². The number of aromatic amines is 1. The molecule has 488 valence electrons. The molecule has 30 heteroatoms. The van der Waals surface area contributed by atoms with Gasteiger partial charge in [-0.05, 0) is 95.8 Å². The number of aliphatic hydroxyl groups excluding tert-OH is 1. The van der Waals surface area contributed by atoms with Gasteiger partial charge in [0.25, 0.3) is 0 Å². The van der Waals surface area contributed by atoms with E-state index < -0.39 is 150 Å². The molecule has 3 aliphatic heterocycles. The lowest BCUT2D eigenvalue weighted by Crippen LogP contribution is -2.60. The highest BCUT2D eigenvalue weighted by Gasteiger charge is 2.42. The number of aliphatic imine (C=N–C) groups is 1. The molecule has 3 aliphatic rings. The van der Waals surface area contributed by atoms with E-state index >= 15 is 9.59 Å². The standard InChI is InChI=1S/C60H85N17O13/c1-32(61)27-43(49(62)80)73-57(88)48-23-14-25-76(48)58(89)42-20-11-10-19-40(53(84)75-45(28-36-15-6-5-7-16-36)59(90)77-26-13-22-47(77)56(87)68-34(3)51(82)72-42)71-54(85)44(29-37-30-66-39-18-9-8-17-38(37)39)74-52(83)41(21-12-24-65-60(63)64)70-50(81)33(2)67-55(86)46(31-78)69-35(4)79/h5-11,15-18,30,32-34,40-48,66,78H,12-14,19-29,31,61H2,1-4H3,(H2,62,80)(H,67,86)(H,68,87)(H,69,79)(H,70,81)(H,71,85)(H,72,82)(H,73,88)(H,74,83)(H,75,84)(H4,63,64,65)/b11-10-/t32?,33-,34-,40-,41-,42-,43-,44-,45-,46-,47-,48-/m0/s1. The van der Waals surface area contributed by atoms with Crippen LogP contribution in [0, 0.1) is 0 Å². The molecule has 12 atom stereocenters. The number of nitrogens with one attached hydrogen (secondary N) is 10. The molecule has 3 aromatic rings. The predicted molar refractivity (Wildman–Crippen MR) is 329 cm³/mol. The van der Waals surface area contributed by atoms with Gasteiger partial charge in [0, 0.05) is 62.5 Å². The quantitative estimate of drug-likeness (QED) is 0.0176. The summed E-state index contributed by atoms with van der Waals surface area (Å²) in [7, 11) is 0. The smallest absolute Gasteiger partial charge is 0.246 e. The topological polar surface area (TPSA) is 472 Å². The Kier molecular flexibility index (Phi) is 25.7. The fraction of sp³-hybridized carbons (Fsp3) is 0.517. The van der Waals surface area contributed by atoms with Gasteiger partial charge in [-0.1, -0.05) is 60.7 Å². The summed E-state index contributed by atoms with van der Waals surface area (Å²) in [6.07, 6.45) is 4.92. The molecule has 1 unspecified atom stereocenters. The average Bonchev–Trinajstić information content (AvgIpc) is 2.23. The van der Waals surface area contributed by atoms with E-state index in [-0.39, 0.29) is 83.4 Å². The molecule has 1 aromatic heterocycles. The van der Waals surface area contributed by atoms with Gasteiger partial charge in [0.05, 0.1) is 6.61 Å². The van der Waals surface area contributed by atoms with Crippen molar-refractivity contribution in [3.63, 3.8) is 0 Å². The Morgan fingerprint density at radius 3 is 2.10 bits per heavy atom. The van der Waals surface area contributed by atoms with Crippen LogP contribution in [0.15, 0.2) is 77.9 Å². The van der Waals surface area contributed by atoms with Gasteiger partial charge in [0.1, 0.15) is 66.5 Å². The number of rotatable bonds is 24. The number of carbonyl (C=O) groups is 12. The zero-order valence-corrected chi connectivity index (χ0v) is 51.0. The fourth-order valence-corrected chi connectivity index (χ4v) is 11.0. The first kappa shape index (κ1) is 69.6. The molecule has 19 N–H and O–H groups in total. The lowest BCUT2D eigenvalue weighted by Gasteiger charge is -2.31. The number of para-hydroxylation sites is 1. The number of likely N-dealkylation sites (tertiary alicyclic amines) is 1. The maximum atomic E-state index is 15.2. The molecular formula is C60H85N17O13. The number of guanidine groups is 1. The van der Waals surface area contributed by atoms with Crippen molar-refractivity contribution in [1.82, 2.24) is 62.6 Å². The molecule has 0 aliphatic carbocycles. The van der Waals surface area contributed by atoms with Crippen LogP contribution < -0.4 is 70.8 Å². The second-order valence-electron chi connectivity index (χ2n) is 22.9. The van der Waals surface area contributed by atoms with Gasteiger partial charge in [-0.25, -0.2) is 0 Å². The Bertz CT molecular complexity index is 3150. The lowest BCUT2D eigenvalue weighted by molar-refractivity contribution is -0.143. The summed E-state index contributed by atoms with van der Waals surface area (Å²) >= 11 is 0. The van der Waals surface area contributed by atoms with Gasteiger partial charge in [-0.2, -0.15) is 0 Å². The number of aromatic nitrogens is 1. The number of carbonyl (C=O) groups excluding carboxylic acids is 12. The normalized spacial score (nSPS) is 22.2. The van der Waals surface area contributed by atoms with Crippen LogP contribution in [-0.2, 0) is 70.4 Å². The predicted octanol–water partition coefficient (Wildman–Crippen LogP) is -4.02. The van der Waals surface area contributed by atoms with Gasteiger partial charge < -0.3 is 90.7 Å². The number of H-pyrrole nitrogens is 1. The van der Waals surface area contributed by atoms with E-state index in [9.17, 15) is 53.1 Å². The van der Waals surface area contributed by atoms with Crippen LogP contribution >= 0.6 is 0 Å². The van der Waals surface area contributed by atoms with Crippen molar-refractivity contribution in [2.45, 2.75) is 171 Å². The molecule has 0 bridgehead atoms. The number of aliphatic hydroxyl groups is 1. The third-order valence-electron chi connectivity index (χ3n) is 15.7. The van der Waals surface area contributed by atoms with Crippen LogP contribution in [0.25, 0.3) is 10.9 Å². The first-order valence-electron chi connectivity index (χ1n) is 30.1. The maximum absolute atomic E-state index is 15.2. The van der Waals surface area contributed by atoms with Crippen molar-refractivity contribution in [2.24, 2.45) is 27.9 Å². The van der Waals surface area contributed by atoms with Gasteiger partial charge in [-0.3, -0.25) is 62.5 Å². The van der Waals surface area contributed by atoms with Crippen molar-refractivity contribution in [2.75, 3.05) is 26.2 Å². The number of fused-ring (bicyclic) bond motifs is 2. The summed E-state index contributed by atoms with van der Waals surface area (Å²) in [5.41, 5.74) is 24.5. The monoisotopic (exact) mass is 1250 g/mol. The second kappa shape index (κ2) is 33.2. The van der Waals surface area contributed by atoms with Crippen molar-refractivity contribution >= 4 is 87.7 Å². The number of hydrogen-bond donors (Lipinski definition) is 15. The second-order valence-corrected chi connectivity index (χ2v) is 22.9. The lowest BCUT2D eigenvalue weighted by atomic mass is 10.0. The SMILES string of the molecule is CC(=O)N[C@@H](CO)C(=O)N[C@@H](C)C(=O)N[C@@H](CCCN=C(N)N)C(=O)N[C@@H](Cc1c[nH]c2ccccc12)C(=O)N[C@H]1C/C=C\C[C@@H](C(=O)N2CCC[C@H]2C(=O)N[C@@H](CC(C)N)C(N)=O)NC(=O)[C@H](C)NC(=O)[C@@H]2CCCN2C(=O)[C@H](Cc2ccccc2)NC1=O. The summed E-state index contributed by atoms with van der Waals surface area (Å²) in [6, 6.07) is 0.872. The molecule has 0 spiro atoms. The summed E-state index contributed by atoms with van der Waals surface area (Å²) in [5.74, 6) is -9.58. The van der Waals surface area contributed by atoms with Gasteiger partial charge in [0.2, 0.25) is 70.9 Å². The van der Waals surface area contributed by atoms with E-state index in [1.807, 2.05) is 0 Å². The average molecular weight is 1250 g/mol. The Balaban J connectivity index is 1.37. The van der Waals surface area contributed by atoms with Crippen LogP contribution in [-0.4, -0.2) is 195 Å². The van der Waals surface area contributed by atoms with Crippen LogP contribution in [0.5, 0.6) is 0 Å². The van der Waals surface area contributed by atoms with Crippen molar-refractivity contribution in [1.29, 1.82) is 0 Å². The molecule has 90 heavy (non-hydrogen) atoms. The number of nitrogens with zero attached hydrogens (tertiary/aromatic N) is 3. The minimum Gasteiger partial charge on any atom is -0.394 e. The van der Waals surface area contributed by atoms with Crippen LogP contribution in [0.4, 0.5) is 0 Å². The molecule has 30 nitrogen and oxygen atoms in total. The molecule has 2 aromatic carbocycles. The van der Waals surface area contributed by atoms with E-state index in [4.69, 9.17) is 22.9 Å². The van der Waals surface area contributed by atoms with E-state index in [1.165, 1.54) is 35.8 Å². The Labute approximate surface area is 520 Å². The number of hydrogen-bond acceptors (Lipinski definition) is 15. The van der Waals surface area contributed by atoms with E-state index in [0.717, 1.165) is 6.92 Å².